The molecule has 4 nitrogen and oxygen atoms in total. The quantitative estimate of drug-likeness (QED) is 0.779. The van der Waals surface area contributed by atoms with Gasteiger partial charge >= 0.3 is 0 Å². The minimum Gasteiger partial charge on any atom is -0.348 e. The van der Waals surface area contributed by atoms with E-state index in [1.54, 1.807) is 0 Å². The summed E-state index contributed by atoms with van der Waals surface area (Å²) in [5, 5.41) is 0. The molecule has 21 heavy (non-hydrogen) atoms. The van der Waals surface area contributed by atoms with Crippen molar-refractivity contribution in [1.82, 2.24) is 9.97 Å². The summed E-state index contributed by atoms with van der Waals surface area (Å²) in [6.45, 7) is 1.50. The molecule has 1 aromatic heterocycles. The van der Waals surface area contributed by atoms with Crippen molar-refractivity contribution in [3.63, 3.8) is 0 Å². The minimum atomic E-state index is -0.261. The summed E-state index contributed by atoms with van der Waals surface area (Å²) in [6, 6.07) is 16.2. The van der Waals surface area contributed by atoms with Crippen molar-refractivity contribution in [2.75, 3.05) is 13.2 Å². The van der Waals surface area contributed by atoms with Crippen LogP contribution in [-0.4, -0.2) is 23.2 Å². The van der Waals surface area contributed by atoms with E-state index in [2.05, 4.69) is 16.0 Å². The summed E-state index contributed by atoms with van der Waals surface area (Å²) in [5.74, 6) is 0.869. The molecule has 0 amide bonds. The molecule has 2 heterocycles. The van der Waals surface area contributed by atoms with Gasteiger partial charge in [0, 0.05) is 11.1 Å². The zero-order valence-electron chi connectivity index (χ0n) is 11.6. The highest BCUT2D eigenvalue weighted by molar-refractivity contribution is 5.79. The fraction of sp³-hybridized carbons (Fsp3) is 0.235. The van der Waals surface area contributed by atoms with Crippen LogP contribution in [0.5, 0.6) is 0 Å². The van der Waals surface area contributed by atoms with Crippen molar-refractivity contribution < 1.29 is 9.47 Å². The van der Waals surface area contributed by atoms with Gasteiger partial charge in [-0.05, 0) is 24.6 Å². The summed E-state index contributed by atoms with van der Waals surface area (Å²) in [7, 11) is 0. The molecular weight excluding hydrogens is 264 g/mol. The van der Waals surface area contributed by atoms with Gasteiger partial charge < -0.3 is 14.5 Å². The van der Waals surface area contributed by atoms with Gasteiger partial charge in [-0.3, -0.25) is 0 Å². The van der Waals surface area contributed by atoms with E-state index in [9.17, 15) is 0 Å². The van der Waals surface area contributed by atoms with Gasteiger partial charge in [0.05, 0.1) is 24.2 Å². The lowest BCUT2D eigenvalue weighted by Gasteiger charge is -2.23. The van der Waals surface area contributed by atoms with Crippen LogP contribution < -0.4 is 0 Å². The lowest BCUT2D eigenvalue weighted by molar-refractivity contribution is -0.183. The van der Waals surface area contributed by atoms with Crippen LogP contribution in [0.2, 0.25) is 0 Å². The number of rotatable bonds is 2. The van der Waals surface area contributed by atoms with E-state index in [0.29, 0.717) is 0 Å². The van der Waals surface area contributed by atoms with Crippen molar-refractivity contribution in [2.45, 2.75) is 12.7 Å². The molecular formula is C17H16N2O2. The third-order valence-electron chi connectivity index (χ3n) is 3.65. The summed E-state index contributed by atoms with van der Waals surface area (Å²) in [4.78, 5) is 7.98. The molecule has 3 aromatic rings. The molecule has 0 aliphatic carbocycles. The molecule has 0 atom stereocenters. The lowest BCUT2D eigenvalue weighted by atomic mass is 10.1. The molecule has 1 saturated heterocycles. The number of hydrogen-bond donors (Lipinski definition) is 1. The number of hydrogen-bond acceptors (Lipinski definition) is 3. The smallest absolute Gasteiger partial charge is 0.183 e. The van der Waals surface area contributed by atoms with Crippen LogP contribution in [0.15, 0.2) is 48.5 Å². The second-order valence-corrected chi connectivity index (χ2v) is 5.16. The van der Waals surface area contributed by atoms with Crippen LogP contribution in [0.25, 0.3) is 22.4 Å². The van der Waals surface area contributed by atoms with Crippen LogP contribution in [0, 0.1) is 0 Å². The monoisotopic (exact) mass is 280 g/mol. The van der Waals surface area contributed by atoms with Crippen molar-refractivity contribution in [1.29, 1.82) is 0 Å². The summed E-state index contributed by atoms with van der Waals surface area (Å²) < 4.78 is 11.3. The molecule has 0 unspecified atom stereocenters. The van der Waals surface area contributed by atoms with Gasteiger partial charge in [-0.1, -0.05) is 30.3 Å². The van der Waals surface area contributed by atoms with E-state index < -0.39 is 0 Å². The molecule has 1 aliphatic heterocycles. The highest BCUT2D eigenvalue weighted by atomic mass is 16.7. The Morgan fingerprint density at radius 2 is 1.86 bits per heavy atom. The molecule has 2 aromatic carbocycles. The predicted octanol–water partition coefficient (Wildman–Crippen LogP) is 3.67. The number of imidazole rings is 1. The van der Waals surface area contributed by atoms with E-state index in [1.807, 2.05) is 42.5 Å². The van der Waals surface area contributed by atoms with Gasteiger partial charge in [0.1, 0.15) is 5.82 Å². The van der Waals surface area contributed by atoms with Crippen molar-refractivity contribution in [3.8, 4) is 11.4 Å². The molecule has 1 fully saturated rings. The topological polar surface area (TPSA) is 47.1 Å². The molecule has 4 heteroatoms. The zero-order valence-corrected chi connectivity index (χ0v) is 11.6. The second kappa shape index (κ2) is 5.31. The van der Waals surface area contributed by atoms with Gasteiger partial charge in [-0.2, -0.15) is 0 Å². The van der Waals surface area contributed by atoms with Gasteiger partial charge in [-0.25, -0.2) is 4.98 Å². The summed E-state index contributed by atoms with van der Waals surface area (Å²) in [6.07, 6.45) is 0.697. The van der Waals surface area contributed by atoms with Gasteiger partial charge in [0.25, 0.3) is 0 Å². The van der Waals surface area contributed by atoms with Gasteiger partial charge in [0.2, 0.25) is 0 Å². The highest BCUT2D eigenvalue weighted by Crippen LogP contribution is 2.27. The van der Waals surface area contributed by atoms with Crippen LogP contribution >= 0.6 is 0 Å². The number of H-pyrrole nitrogens is 1. The number of nitrogens with one attached hydrogen (secondary N) is 1. The first-order chi connectivity index (χ1) is 10.4. The Hall–Kier alpha value is -2.17. The number of aromatic amines is 1. The SMILES string of the molecule is c1cc(-c2nc3ccccc3[nH]2)cc(C2OCCCO2)c1. The van der Waals surface area contributed by atoms with E-state index in [1.165, 1.54) is 0 Å². The fourth-order valence-electron chi connectivity index (χ4n) is 2.60. The Balaban J connectivity index is 1.71. The Labute approximate surface area is 122 Å². The fourth-order valence-corrected chi connectivity index (χ4v) is 2.60. The minimum absolute atomic E-state index is 0.261. The Morgan fingerprint density at radius 3 is 2.71 bits per heavy atom. The van der Waals surface area contributed by atoms with Crippen LogP contribution in [0.4, 0.5) is 0 Å². The largest absolute Gasteiger partial charge is 0.348 e. The van der Waals surface area contributed by atoms with Crippen molar-refractivity contribution in [2.24, 2.45) is 0 Å². The maximum atomic E-state index is 5.66. The van der Waals surface area contributed by atoms with E-state index in [0.717, 1.165) is 47.6 Å². The summed E-state index contributed by atoms with van der Waals surface area (Å²) >= 11 is 0. The van der Waals surface area contributed by atoms with Crippen LogP contribution in [0.3, 0.4) is 0 Å². The van der Waals surface area contributed by atoms with Crippen molar-refractivity contribution >= 4 is 11.0 Å². The third kappa shape index (κ3) is 2.44. The molecule has 1 aliphatic rings. The molecule has 0 radical (unpaired) electrons. The van der Waals surface area contributed by atoms with Gasteiger partial charge in [-0.15, -0.1) is 0 Å². The highest BCUT2D eigenvalue weighted by Gasteiger charge is 2.17. The third-order valence-corrected chi connectivity index (χ3v) is 3.65. The first kappa shape index (κ1) is 12.6. The number of ether oxygens (including phenoxy) is 2. The number of benzene rings is 2. The number of fused-ring (bicyclic) bond motifs is 1. The second-order valence-electron chi connectivity index (χ2n) is 5.16. The number of para-hydroxylation sites is 2. The van der Waals surface area contributed by atoms with E-state index in [4.69, 9.17) is 9.47 Å². The first-order valence-corrected chi connectivity index (χ1v) is 7.18. The maximum Gasteiger partial charge on any atom is 0.183 e. The Kier molecular flexibility index (Phi) is 3.18. The van der Waals surface area contributed by atoms with Crippen molar-refractivity contribution in [3.05, 3.63) is 54.1 Å². The molecule has 0 saturated carbocycles. The first-order valence-electron chi connectivity index (χ1n) is 7.18. The van der Waals surface area contributed by atoms with Crippen LogP contribution in [-0.2, 0) is 9.47 Å². The lowest BCUT2D eigenvalue weighted by Crippen LogP contribution is -2.17. The van der Waals surface area contributed by atoms with Crippen LogP contribution in [0.1, 0.15) is 18.3 Å². The molecule has 1 N–H and O–H groups in total. The molecule has 4 rings (SSSR count). The average Bonchev–Trinajstić information content (AvgIpc) is 3.00. The average molecular weight is 280 g/mol. The normalized spacial score (nSPS) is 16.4. The Bertz CT molecular complexity index is 727. The standard InChI is InChI=1S/C17H16N2O2/c1-2-8-15-14(7-1)18-16(19-15)12-5-3-6-13(11-12)17-20-9-4-10-21-17/h1-3,5-8,11,17H,4,9-10H2,(H,18,19). The Morgan fingerprint density at radius 1 is 1.00 bits per heavy atom. The maximum absolute atomic E-state index is 5.66. The predicted molar refractivity (Wildman–Crippen MR) is 80.8 cm³/mol. The molecule has 106 valence electrons. The molecule has 0 bridgehead atoms. The van der Waals surface area contributed by atoms with E-state index >= 15 is 0 Å². The zero-order chi connectivity index (χ0) is 14.1. The molecule has 0 spiro atoms. The van der Waals surface area contributed by atoms with E-state index in [-0.39, 0.29) is 6.29 Å². The number of aromatic nitrogens is 2. The summed E-state index contributed by atoms with van der Waals surface area (Å²) in [5.41, 5.74) is 4.10. The van der Waals surface area contributed by atoms with Gasteiger partial charge in [0.15, 0.2) is 6.29 Å². The number of nitrogens with zero attached hydrogens (tertiary/aromatic N) is 1.